The van der Waals surface area contributed by atoms with Gasteiger partial charge in [0.1, 0.15) is 0 Å². The SMILES string of the molecule is CCC(CNC(=O)c1cc(S(=O)(=O)NCCOC)ccc1C)N1CCc2ccccc2C1. The van der Waals surface area contributed by atoms with Crippen LogP contribution < -0.4 is 10.0 Å². The molecule has 1 unspecified atom stereocenters. The van der Waals surface area contributed by atoms with E-state index in [0.29, 0.717) is 12.1 Å². The van der Waals surface area contributed by atoms with E-state index >= 15 is 0 Å². The first-order valence-corrected chi connectivity index (χ1v) is 12.5. The molecule has 2 N–H and O–H groups in total. The lowest BCUT2D eigenvalue weighted by Crippen LogP contribution is -2.45. The van der Waals surface area contributed by atoms with Crippen LogP contribution in [0, 0.1) is 6.92 Å². The molecule has 0 aromatic heterocycles. The van der Waals surface area contributed by atoms with Gasteiger partial charge in [-0.1, -0.05) is 37.3 Å². The molecule has 0 bridgehead atoms. The van der Waals surface area contributed by atoms with Crippen LogP contribution in [-0.2, 0) is 27.7 Å². The van der Waals surface area contributed by atoms with Crippen LogP contribution in [0.4, 0.5) is 0 Å². The highest BCUT2D eigenvalue weighted by Crippen LogP contribution is 2.21. The monoisotopic (exact) mass is 459 g/mol. The van der Waals surface area contributed by atoms with E-state index in [0.717, 1.165) is 31.5 Å². The highest BCUT2D eigenvalue weighted by Gasteiger charge is 2.23. The second-order valence-corrected chi connectivity index (χ2v) is 9.90. The van der Waals surface area contributed by atoms with Gasteiger partial charge in [-0.3, -0.25) is 9.69 Å². The minimum atomic E-state index is -3.71. The van der Waals surface area contributed by atoms with E-state index in [9.17, 15) is 13.2 Å². The molecule has 0 aliphatic carbocycles. The molecule has 0 spiro atoms. The number of benzene rings is 2. The van der Waals surface area contributed by atoms with E-state index in [1.807, 2.05) is 6.92 Å². The standard InChI is InChI=1S/C24H33N3O4S/c1-4-21(27-13-11-19-7-5-6-8-20(19)17-27)16-25-24(28)23-15-22(10-9-18(23)2)32(29,30)26-12-14-31-3/h5-10,15,21,26H,4,11-14,16-17H2,1-3H3,(H,25,28). The Kier molecular flexibility index (Phi) is 8.42. The topological polar surface area (TPSA) is 87.7 Å². The van der Waals surface area contributed by atoms with Gasteiger partial charge in [0.2, 0.25) is 10.0 Å². The zero-order valence-corrected chi connectivity index (χ0v) is 19.9. The fourth-order valence-electron chi connectivity index (χ4n) is 4.04. The van der Waals surface area contributed by atoms with Crippen LogP contribution in [0.2, 0.25) is 0 Å². The number of sulfonamides is 1. The first-order valence-electron chi connectivity index (χ1n) is 11.0. The van der Waals surface area contributed by atoms with Gasteiger partial charge in [-0.15, -0.1) is 0 Å². The summed E-state index contributed by atoms with van der Waals surface area (Å²) in [7, 11) is -2.20. The zero-order valence-electron chi connectivity index (χ0n) is 19.1. The maximum absolute atomic E-state index is 12.9. The lowest BCUT2D eigenvalue weighted by molar-refractivity contribution is 0.0925. The van der Waals surface area contributed by atoms with Gasteiger partial charge >= 0.3 is 0 Å². The van der Waals surface area contributed by atoms with Crippen molar-refractivity contribution in [1.82, 2.24) is 14.9 Å². The molecule has 8 heteroatoms. The number of nitrogens with zero attached hydrogens (tertiary/aromatic N) is 1. The quantitative estimate of drug-likeness (QED) is 0.533. The van der Waals surface area contributed by atoms with Crippen LogP contribution in [0.15, 0.2) is 47.4 Å². The normalized spacial score (nSPS) is 15.2. The van der Waals surface area contributed by atoms with Gasteiger partial charge in [-0.2, -0.15) is 0 Å². The number of aryl methyl sites for hydroxylation is 1. The highest BCUT2D eigenvalue weighted by molar-refractivity contribution is 7.89. The number of rotatable bonds is 10. The molecule has 1 heterocycles. The molecule has 174 valence electrons. The van der Waals surface area contributed by atoms with Gasteiger partial charge < -0.3 is 10.1 Å². The predicted molar refractivity (Wildman–Crippen MR) is 125 cm³/mol. The van der Waals surface area contributed by atoms with Crippen LogP contribution >= 0.6 is 0 Å². The first-order chi connectivity index (χ1) is 15.4. The third kappa shape index (κ3) is 5.95. The van der Waals surface area contributed by atoms with Crippen LogP contribution in [0.25, 0.3) is 0 Å². The fraction of sp³-hybridized carbons (Fsp3) is 0.458. The van der Waals surface area contributed by atoms with Gasteiger partial charge in [0, 0.05) is 44.9 Å². The molecule has 3 rings (SSSR count). The molecular weight excluding hydrogens is 426 g/mol. The first kappa shape index (κ1) is 24.4. The summed E-state index contributed by atoms with van der Waals surface area (Å²) < 4.78 is 32.4. The second-order valence-electron chi connectivity index (χ2n) is 8.13. The molecule has 1 aliphatic rings. The summed E-state index contributed by atoms with van der Waals surface area (Å²) in [6.07, 6.45) is 1.93. The number of ether oxygens (including phenoxy) is 1. The summed E-state index contributed by atoms with van der Waals surface area (Å²) in [6.45, 7) is 6.74. The van der Waals surface area contributed by atoms with Gasteiger partial charge in [-0.05, 0) is 48.6 Å². The largest absolute Gasteiger partial charge is 0.383 e. The van der Waals surface area contributed by atoms with Gasteiger partial charge in [-0.25, -0.2) is 13.1 Å². The molecule has 1 aliphatic heterocycles. The van der Waals surface area contributed by atoms with E-state index in [1.54, 1.807) is 6.07 Å². The average molecular weight is 460 g/mol. The number of carbonyl (C=O) groups is 1. The number of amides is 1. The molecule has 32 heavy (non-hydrogen) atoms. The van der Waals surface area contributed by atoms with E-state index in [2.05, 4.69) is 46.1 Å². The van der Waals surface area contributed by atoms with Crippen LogP contribution in [-0.4, -0.2) is 58.6 Å². The van der Waals surface area contributed by atoms with Crippen molar-refractivity contribution in [1.29, 1.82) is 0 Å². The summed E-state index contributed by atoms with van der Waals surface area (Å²) in [4.78, 5) is 15.4. The van der Waals surface area contributed by atoms with E-state index in [4.69, 9.17) is 4.74 Å². The van der Waals surface area contributed by atoms with Crippen molar-refractivity contribution in [2.24, 2.45) is 0 Å². The highest BCUT2D eigenvalue weighted by atomic mass is 32.2. The zero-order chi connectivity index (χ0) is 23.1. The Bertz CT molecular complexity index is 1040. The van der Waals surface area contributed by atoms with Crippen molar-refractivity contribution >= 4 is 15.9 Å². The lowest BCUT2D eigenvalue weighted by Gasteiger charge is -2.35. The molecule has 1 amide bonds. The summed E-state index contributed by atoms with van der Waals surface area (Å²) in [5.41, 5.74) is 3.85. The number of hydrogen-bond acceptors (Lipinski definition) is 5. The van der Waals surface area contributed by atoms with Crippen LogP contribution in [0.3, 0.4) is 0 Å². The number of hydrogen-bond donors (Lipinski definition) is 2. The van der Waals surface area contributed by atoms with Crippen molar-refractivity contribution in [2.45, 2.75) is 44.2 Å². The number of carbonyl (C=O) groups excluding carboxylic acids is 1. The van der Waals surface area contributed by atoms with E-state index in [-0.39, 0.29) is 30.0 Å². The second kappa shape index (κ2) is 11.0. The van der Waals surface area contributed by atoms with Crippen LogP contribution in [0.1, 0.15) is 40.4 Å². The maximum atomic E-state index is 12.9. The molecule has 7 nitrogen and oxygen atoms in total. The molecular formula is C24H33N3O4S. The van der Waals surface area contributed by atoms with Gasteiger partial charge in [0.05, 0.1) is 11.5 Å². The molecule has 0 saturated carbocycles. The number of nitrogens with one attached hydrogen (secondary N) is 2. The third-order valence-electron chi connectivity index (χ3n) is 6.01. The molecule has 2 aromatic carbocycles. The summed E-state index contributed by atoms with van der Waals surface area (Å²) in [5, 5.41) is 3.03. The smallest absolute Gasteiger partial charge is 0.251 e. The van der Waals surface area contributed by atoms with E-state index in [1.165, 1.54) is 30.4 Å². The Morgan fingerprint density at radius 1 is 1.19 bits per heavy atom. The van der Waals surface area contributed by atoms with Crippen LogP contribution in [0.5, 0.6) is 0 Å². The summed E-state index contributed by atoms with van der Waals surface area (Å²) in [6, 6.07) is 13.3. The summed E-state index contributed by atoms with van der Waals surface area (Å²) in [5.74, 6) is -0.257. The van der Waals surface area contributed by atoms with Crippen molar-refractivity contribution in [2.75, 3.05) is 33.4 Å². The Morgan fingerprint density at radius 3 is 2.66 bits per heavy atom. The number of fused-ring (bicyclic) bond motifs is 1. The molecule has 0 fully saturated rings. The van der Waals surface area contributed by atoms with Crippen molar-refractivity contribution < 1.29 is 17.9 Å². The molecule has 0 radical (unpaired) electrons. The Hall–Kier alpha value is -2.26. The minimum absolute atomic E-state index is 0.0732. The Labute approximate surface area is 191 Å². The predicted octanol–water partition coefficient (Wildman–Crippen LogP) is 2.49. The van der Waals surface area contributed by atoms with Gasteiger partial charge in [0.25, 0.3) is 5.91 Å². The Balaban J connectivity index is 1.66. The van der Waals surface area contributed by atoms with Gasteiger partial charge in [0.15, 0.2) is 0 Å². The molecule has 2 aromatic rings. The minimum Gasteiger partial charge on any atom is -0.383 e. The maximum Gasteiger partial charge on any atom is 0.251 e. The lowest BCUT2D eigenvalue weighted by atomic mass is 9.98. The average Bonchev–Trinajstić information content (AvgIpc) is 2.79. The number of methoxy groups -OCH3 is 1. The molecule has 1 atom stereocenters. The third-order valence-corrected chi connectivity index (χ3v) is 7.47. The van der Waals surface area contributed by atoms with Crippen molar-refractivity contribution in [3.05, 3.63) is 64.7 Å². The molecule has 0 saturated heterocycles. The van der Waals surface area contributed by atoms with E-state index < -0.39 is 10.0 Å². The van der Waals surface area contributed by atoms with Crippen molar-refractivity contribution in [3.63, 3.8) is 0 Å². The van der Waals surface area contributed by atoms with Crippen molar-refractivity contribution in [3.8, 4) is 0 Å². The summed E-state index contributed by atoms with van der Waals surface area (Å²) >= 11 is 0. The fourth-order valence-corrected chi connectivity index (χ4v) is 5.08. The Morgan fingerprint density at radius 2 is 1.94 bits per heavy atom.